The van der Waals surface area contributed by atoms with Gasteiger partial charge in [-0.2, -0.15) is 15.0 Å². The highest BCUT2D eigenvalue weighted by molar-refractivity contribution is 5.95. The first-order valence-corrected chi connectivity index (χ1v) is 13.9. The second kappa shape index (κ2) is 16.4. The molecule has 0 saturated heterocycles. The number of anilines is 4. The fourth-order valence-corrected chi connectivity index (χ4v) is 4.27. The zero-order valence-corrected chi connectivity index (χ0v) is 23.1. The Morgan fingerprint density at radius 2 is 1.66 bits per heavy atom. The lowest BCUT2D eigenvalue weighted by Crippen LogP contribution is -2.29. The number of nitrogens with one attached hydrogen (secondary N) is 4. The molecule has 1 aliphatic carbocycles. The lowest BCUT2D eigenvalue weighted by molar-refractivity contribution is 0.0511. The SMILES string of the molecule is NCCOCCOCCNC(=O)c1cccc(Nc2nc(NCc3ccncc3)nc(NC3CCC(O)CC3)n2)c1. The van der Waals surface area contributed by atoms with Crippen LogP contribution in [0.4, 0.5) is 23.5 Å². The fourth-order valence-electron chi connectivity index (χ4n) is 4.27. The molecule has 2 aromatic heterocycles. The molecule has 0 spiro atoms. The van der Waals surface area contributed by atoms with Crippen LogP contribution in [0, 0.1) is 0 Å². The Balaban J connectivity index is 1.37. The van der Waals surface area contributed by atoms with Gasteiger partial charge in [0.2, 0.25) is 17.8 Å². The zero-order valence-electron chi connectivity index (χ0n) is 23.1. The molecule has 7 N–H and O–H groups in total. The summed E-state index contributed by atoms with van der Waals surface area (Å²) >= 11 is 0. The number of rotatable bonds is 16. The Labute approximate surface area is 239 Å². The van der Waals surface area contributed by atoms with Crippen LogP contribution >= 0.6 is 0 Å². The summed E-state index contributed by atoms with van der Waals surface area (Å²) in [5.74, 6) is 0.954. The van der Waals surface area contributed by atoms with Crippen molar-refractivity contribution in [1.82, 2.24) is 25.3 Å². The van der Waals surface area contributed by atoms with Crippen molar-refractivity contribution >= 4 is 29.4 Å². The third kappa shape index (κ3) is 10.5. The quantitative estimate of drug-likeness (QED) is 0.139. The molecule has 1 aromatic carbocycles. The molecular weight excluding hydrogens is 526 g/mol. The summed E-state index contributed by atoms with van der Waals surface area (Å²) in [7, 11) is 0. The molecular formula is C28H39N9O4. The van der Waals surface area contributed by atoms with Crippen molar-refractivity contribution in [3.05, 3.63) is 59.9 Å². The Morgan fingerprint density at radius 3 is 2.44 bits per heavy atom. The average molecular weight is 566 g/mol. The predicted molar refractivity (Wildman–Crippen MR) is 156 cm³/mol. The van der Waals surface area contributed by atoms with E-state index in [0.717, 1.165) is 31.2 Å². The van der Waals surface area contributed by atoms with Gasteiger partial charge >= 0.3 is 0 Å². The van der Waals surface area contributed by atoms with E-state index in [9.17, 15) is 9.90 Å². The molecule has 1 saturated carbocycles. The van der Waals surface area contributed by atoms with Gasteiger partial charge in [-0.25, -0.2) is 0 Å². The number of aromatic nitrogens is 4. The second-order valence-corrected chi connectivity index (χ2v) is 9.64. The maximum absolute atomic E-state index is 12.7. The van der Waals surface area contributed by atoms with Crippen LogP contribution in [0.2, 0.25) is 0 Å². The smallest absolute Gasteiger partial charge is 0.251 e. The molecule has 4 rings (SSSR count). The molecule has 2 heterocycles. The number of amides is 1. The molecule has 1 aliphatic rings. The van der Waals surface area contributed by atoms with Gasteiger partial charge in [0.25, 0.3) is 5.91 Å². The number of nitrogens with two attached hydrogens (primary N) is 1. The van der Waals surface area contributed by atoms with Crippen LogP contribution in [-0.2, 0) is 16.0 Å². The largest absolute Gasteiger partial charge is 0.393 e. The highest BCUT2D eigenvalue weighted by atomic mass is 16.5. The fraction of sp³-hybridized carbons (Fsp3) is 0.464. The number of carbonyl (C=O) groups is 1. The molecule has 0 unspecified atom stereocenters. The summed E-state index contributed by atoms with van der Waals surface area (Å²) in [5, 5.41) is 22.6. The van der Waals surface area contributed by atoms with Crippen molar-refractivity contribution in [2.75, 3.05) is 55.5 Å². The summed E-state index contributed by atoms with van der Waals surface area (Å²) in [5.41, 5.74) is 7.56. The van der Waals surface area contributed by atoms with Crippen LogP contribution in [-0.4, -0.2) is 82.6 Å². The molecule has 41 heavy (non-hydrogen) atoms. The van der Waals surface area contributed by atoms with E-state index in [2.05, 4.69) is 41.2 Å². The number of aliphatic hydroxyl groups excluding tert-OH is 1. The van der Waals surface area contributed by atoms with Gasteiger partial charge in [0.1, 0.15) is 0 Å². The van der Waals surface area contributed by atoms with Crippen molar-refractivity contribution in [1.29, 1.82) is 0 Å². The topological polar surface area (TPSA) is 181 Å². The molecule has 220 valence electrons. The lowest BCUT2D eigenvalue weighted by atomic mass is 9.93. The molecule has 0 aliphatic heterocycles. The van der Waals surface area contributed by atoms with Gasteiger partial charge in [0.05, 0.1) is 32.5 Å². The van der Waals surface area contributed by atoms with Crippen LogP contribution in [0.25, 0.3) is 0 Å². The average Bonchev–Trinajstić information content (AvgIpc) is 2.99. The summed E-state index contributed by atoms with van der Waals surface area (Å²) < 4.78 is 10.7. The van der Waals surface area contributed by atoms with E-state index in [-0.39, 0.29) is 18.1 Å². The van der Waals surface area contributed by atoms with Gasteiger partial charge in [0.15, 0.2) is 0 Å². The van der Waals surface area contributed by atoms with Gasteiger partial charge in [-0.15, -0.1) is 0 Å². The number of carbonyl (C=O) groups excluding carboxylic acids is 1. The minimum absolute atomic E-state index is 0.163. The van der Waals surface area contributed by atoms with Gasteiger partial charge in [-0.3, -0.25) is 9.78 Å². The molecule has 13 heteroatoms. The van der Waals surface area contributed by atoms with Crippen molar-refractivity contribution in [3.63, 3.8) is 0 Å². The van der Waals surface area contributed by atoms with Crippen LogP contribution < -0.4 is 27.0 Å². The zero-order chi connectivity index (χ0) is 28.7. The summed E-state index contributed by atoms with van der Waals surface area (Å²) in [6, 6.07) is 11.1. The number of benzene rings is 1. The lowest BCUT2D eigenvalue weighted by Gasteiger charge is -2.26. The van der Waals surface area contributed by atoms with Gasteiger partial charge in [0, 0.05) is 49.3 Å². The van der Waals surface area contributed by atoms with Crippen LogP contribution in [0.15, 0.2) is 48.8 Å². The Hall–Kier alpha value is -3.91. The molecule has 0 radical (unpaired) electrons. The Kier molecular flexibility index (Phi) is 12.0. The van der Waals surface area contributed by atoms with Gasteiger partial charge in [-0.05, 0) is 61.6 Å². The van der Waals surface area contributed by atoms with Crippen LogP contribution in [0.1, 0.15) is 41.6 Å². The molecule has 1 amide bonds. The van der Waals surface area contributed by atoms with Crippen LogP contribution in [0.3, 0.4) is 0 Å². The summed E-state index contributed by atoms with van der Waals surface area (Å²) in [6.45, 7) is 3.17. The number of aliphatic hydroxyl groups is 1. The summed E-state index contributed by atoms with van der Waals surface area (Å²) in [4.78, 5) is 30.4. The highest BCUT2D eigenvalue weighted by Gasteiger charge is 2.20. The first kappa shape index (κ1) is 30.1. The maximum atomic E-state index is 12.7. The first-order chi connectivity index (χ1) is 20.1. The standard InChI is InChI=1S/C28H39N9O4/c29-10-14-40-16-17-41-15-13-31-25(39)21-2-1-3-23(18-21)34-28-36-26(32-19-20-8-11-30-12-9-20)35-27(37-28)33-22-4-6-24(38)7-5-22/h1-3,8-9,11-12,18,22,24,38H,4-7,10,13-17,19,29H2,(H,31,39)(H3,32,33,34,35,36,37). The summed E-state index contributed by atoms with van der Waals surface area (Å²) in [6.07, 6.45) is 6.37. The molecule has 0 bridgehead atoms. The molecule has 0 atom stereocenters. The number of hydrogen-bond donors (Lipinski definition) is 6. The maximum Gasteiger partial charge on any atom is 0.251 e. The van der Waals surface area contributed by atoms with Crippen molar-refractivity contribution in [2.24, 2.45) is 5.73 Å². The number of pyridine rings is 1. The van der Waals surface area contributed by atoms with Gasteiger partial charge < -0.3 is 41.6 Å². The number of hydrogen-bond acceptors (Lipinski definition) is 12. The molecule has 1 fully saturated rings. The number of nitrogens with zero attached hydrogens (tertiary/aromatic N) is 4. The van der Waals surface area contributed by atoms with Gasteiger partial charge in [-0.1, -0.05) is 6.07 Å². The van der Waals surface area contributed by atoms with Crippen molar-refractivity contribution < 1.29 is 19.4 Å². The Morgan fingerprint density at radius 1 is 0.927 bits per heavy atom. The minimum atomic E-state index is -0.251. The predicted octanol–water partition coefficient (Wildman–Crippen LogP) is 2.06. The van der Waals surface area contributed by atoms with Crippen molar-refractivity contribution in [3.8, 4) is 0 Å². The number of ether oxygens (including phenoxy) is 2. The van der Waals surface area contributed by atoms with E-state index in [1.807, 2.05) is 18.2 Å². The van der Waals surface area contributed by atoms with Crippen LogP contribution in [0.5, 0.6) is 0 Å². The van der Waals surface area contributed by atoms with Crippen molar-refractivity contribution in [2.45, 2.75) is 44.4 Å². The normalized spacial score (nSPS) is 16.6. The van der Waals surface area contributed by atoms with E-state index in [1.54, 1.807) is 30.6 Å². The third-order valence-corrected chi connectivity index (χ3v) is 6.41. The molecule has 3 aromatic rings. The van der Waals surface area contributed by atoms with E-state index < -0.39 is 0 Å². The monoisotopic (exact) mass is 565 g/mol. The first-order valence-electron chi connectivity index (χ1n) is 13.9. The van der Waals surface area contributed by atoms with E-state index in [1.165, 1.54) is 0 Å². The van der Waals surface area contributed by atoms with E-state index in [0.29, 0.717) is 75.2 Å². The highest BCUT2D eigenvalue weighted by Crippen LogP contribution is 2.23. The third-order valence-electron chi connectivity index (χ3n) is 6.41. The minimum Gasteiger partial charge on any atom is -0.393 e. The Bertz CT molecular complexity index is 1210. The molecule has 13 nitrogen and oxygen atoms in total. The second-order valence-electron chi connectivity index (χ2n) is 9.64. The van der Waals surface area contributed by atoms with E-state index in [4.69, 9.17) is 15.2 Å². The van der Waals surface area contributed by atoms with E-state index >= 15 is 0 Å².